The smallest absolute Gasteiger partial charge is 0.320 e. The minimum atomic E-state index is -0.569. The maximum absolute atomic E-state index is 15.0. The second-order valence-electron chi connectivity index (χ2n) is 15.6. The number of nitrogens with two attached hydrogens (primary N) is 1. The summed E-state index contributed by atoms with van der Waals surface area (Å²) in [4.78, 5) is 22.2. The molecule has 3 aromatic rings. The van der Waals surface area contributed by atoms with Crippen molar-refractivity contribution in [1.29, 1.82) is 10.8 Å². The SMILES string of the molecule is C[C@@H]1CCC[C@H](C)N1C(=N)n1cc(O[C@@H]2CC[C@H](NC(=O)NC(C=C(N)C(C)(C)C)=Nc3cc(OCCN(C)C)ccc3F)c3ccccc32)ccc1=N. The molecule has 4 atom stereocenters. The van der Waals surface area contributed by atoms with Gasteiger partial charge in [0.1, 0.15) is 47.0 Å². The Labute approximate surface area is 318 Å². The van der Waals surface area contributed by atoms with Crippen molar-refractivity contribution in [1.82, 2.24) is 25.0 Å². The van der Waals surface area contributed by atoms with E-state index < -0.39 is 17.3 Å². The van der Waals surface area contributed by atoms with Gasteiger partial charge in [0.25, 0.3) is 0 Å². The number of amidine groups is 1. The molecule has 6 N–H and O–H groups in total. The lowest BCUT2D eigenvalue weighted by Crippen LogP contribution is -2.51. The molecule has 5 rings (SSSR count). The van der Waals surface area contributed by atoms with Gasteiger partial charge in [-0.1, -0.05) is 45.0 Å². The van der Waals surface area contributed by atoms with Crippen molar-refractivity contribution < 1.29 is 18.7 Å². The molecule has 0 radical (unpaired) electrons. The maximum Gasteiger partial charge on any atom is 0.320 e. The molecule has 12 nitrogen and oxygen atoms in total. The largest absolute Gasteiger partial charge is 0.492 e. The number of benzene rings is 2. The number of rotatable bonds is 9. The van der Waals surface area contributed by atoms with E-state index in [9.17, 15) is 4.79 Å². The predicted molar refractivity (Wildman–Crippen MR) is 211 cm³/mol. The summed E-state index contributed by atoms with van der Waals surface area (Å²) in [5, 5.41) is 23.5. The summed E-state index contributed by atoms with van der Waals surface area (Å²) in [6, 6.07) is 15.2. The Morgan fingerprint density at radius 2 is 1.72 bits per heavy atom. The second kappa shape index (κ2) is 17.3. The number of pyridine rings is 1. The van der Waals surface area contributed by atoms with E-state index in [-0.39, 0.29) is 47.2 Å². The lowest BCUT2D eigenvalue weighted by molar-refractivity contribution is 0.169. The van der Waals surface area contributed by atoms with Crippen LogP contribution in [0.4, 0.5) is 14.9 Å². The Morgan fingerprint density at radius 1 is 1.04 bits per heavy atom. The van der Waals surface area contributed by atoms with Crippen LogP contribution in [0.5, 0.6) is 11.5 Å². The van der Waals surface area contributed by atoms with Gasteiger partial charge in [-0.15, -0.1) is 0 Å². The molecule has 0 unspecified atom stereocenters. The zero-order valence-corrected chi connectivity index (χ0v) is 32.6. The highest BCUT2D eigenvalue weighted by Gasteiger charge is 2.31. The van der Waals surface area contributed by atoms with Gasteiger partial charge in [-0.3, -0.25) is 20.7 Å². The highest BCUT2D eigenvalue weighted by Crippen LogP contribution is 2.39. The number of fused-ring (bicyclic) bond motifs is 1. The Hall–Kier alpha value is -5.17. The number of aromatic nitrogens is 1. The van der Waals surface area contributed by atoms with Gasteiger partial charge in [-0.05, 0) is 95.4 Å². The van der Waals surface area contributed by atoms with Crippen molar-refractivity contribution in [2.24, 2.45) is 16.1 Å². The molecule has 2 aromatic carbocycles. The van der Waals surface area contributed by atoms with Gasteiger partial charge in [0.2, 0.25) is 5.96 Å². The topological polar surface area (TPSA) is 157 Å². The van der Waals surface area contributed by atoms with Gasteiger partial charge in [-0.25, -0.2) is 14.2 Å². The molecule has 2 amide bonds. The van der Waals surface area contributed by atoms with Crippen molar-refractivity contribution in [3.05, 3.63) is 95.0 Å². The zero-order chi connectivity index (χ0) is 39.2. The number of piperidine rings is 1. The quantitative estimate of drug-likeness (QED) is 0.118. The van der Waals surface area contributed by atoms with E-state index in [4.69, 9.17) is 26.0 Å². The number of nitrogens with one attached hydrogen (secondary N) is 4. The van der Waals surface area contributed by atoms with Crippen molar-refractivity contribution in [2.75, 3.05) is 27.2 Å². The molecular weight excluding hydrogens is 686 g/mol. The molecule has 0 spiro atoms. The van der Waals surface area contributed by atoms with E-state index in [1.54, 1.807) is 35.0 Å². The predicted octanol–water partition coefficient (Wildman–Crippen LogP) is 6.97. The number of allylic oxidation sites excluding steroid dienone is 1. The van der Waals surface area contributed by atoms with E-state index in [1.165, 1.54) is 12.1 Å². The fraction of sp³-hybridized carbons (Fsp3) is 0.463. The summed E-state index contributed by atoms with van der Waals surface area (Å²) in [6.07, 6.45) is 7.31. The van der Waals surface area contributed by atoms with Crippen LogP contribution in [0.1, 0.15) is 90.0 Å². The van der Waals surface area contributed by atoms with Crippen molar-refractivity contribution in [3.63, 3.8) is 0 Å². The van der Waals surface area contributed by atoms with Crippen LogP contribution in [0.2, 0.25) is 0 Å². The first-order valence-corrected chi connectivity index (χ1v) is 18.7. The number of aliphatic imine (C=N–C) groups is 1. The van der Waals surface area contributed by atoms with Crippen LogP contribution in [0.3, 0.4) is 0 Å². The van der Waals surface area contributed by atoms with Crippen LogP contribution in [0, 0.1) is 22.1 Å². The molecular formula is C41H56FN9O3. The van der Waals surface area contributed by atoms with Gasteiger partial charge in [0, 0.05) is 41.9 Å². The van der Waals surface area contributed by atoms with Crippen LogP contribution in [-0.4, -0.2) is 71.5 Å². The van der Waals surface area contributed by atoms with Gasteiger partial charge in [0.15, 0.2) is 0 Å². The molecule has 2 heterocycles. The Kier molecular flexibility index (Phi) is 12.8. The normalized spacial score (nSPS) is 20.6. The third kappa shape index (κ3) is 10.1. The first kappa shape index (κ1) is 40.0. The minimum absolute atomic E-state index is 0.00322. The lowest BCUT2D eigenvalue weighted by Gasteiger charge is -2.41. The van der Waals surface area contributed by atoms with Crippen molar-refractivity contribution in [2.45, 2.75) is 91.0 Å². The van der Waals surface area contributed by atoms with Crippen LogP contribution in [-0.2, 0) is 0 Å². The maximum atomic E-state index is 15.0. The standard InChI is InChI=1S/C41H56FN9O3/c1-26-11-10-12-27(2)51(26)39(45)50-25-29(16-20-37(50)44)54-35-19-18-33(30-13-8-9-14-31(30)35)47-40(52)48-38(24-36(43)41(3,4)5)46-34-23-28(15-17-32(34)42)53-22-21-49(6)7/h8-9,13-17,20,23-27,33,35,44-45H,10-12,18-19,21-22,43H2,1-7H3,(H2,46,47,48,52)/t26-,27+,33-,35+/m0/s1. The van der Waals surface area contributed by atoms with E-state index in [0.29, 0.717) is 43.2 Å². The fourth-order valence-corrected chi connectivity index (χ4v) is 6.79. The van der Waals surface area contributed by atoms with Crippen LogP contribution < -0.4 is 31.3 Å². The number of carbonyl (C=O) groups excluding carboxylic acids is 1. The number of ether oxygens (including phenoxy) is 2. The summed E-state index contributed by atoms with van der Waals surface area (Å²) in [5.41, 5.74) is 8.48. The summed E-state index contributed by atoms with van der Waals surface area (Å²) in [6.45, 7) is 11.2. The molecule has 54 heavy (non-hydrogen) atoms. The molecule has 290 valence electrons. The summed E-state index contributed by atoms with van der Waals surface area (Å²) in [7, 11) is 3.88. The fourth-order valence-electron chi connectivity index (χ4n) is 6.79. The number of hydrogen-bond acceptors (Lipinski definition) is 8. The van der Waals surface area contributed by atoms with E-state index in [1.807, 2.05) is 64.0 Å². The third-order valence-corrected chi connectivity index (χ3v) is 9.97. The number of hydrogen-bond donors (Lipinski definition) is 5. The molecule has 13 heteroatoms. The zero-order valence-electron chi connectivity index (χ0n) is 32.6. The first-order chi connectivity index (χ1) is 25.6. The van der Waals surface area contributed by atoms with Crippen LogP contribution in [0.15, 0.2) is 77.6 Å². The molecule has 2 aliphatic rings. The molecule has 1 aromatic heterocycles. The second-order valence-corrected chi connectivity index (χ2v) is 15.6. The molecule has 1 fully saturated rings. The average molecular weight is 742 g/mol. The summed E-state index contributed by atoms with van der Waals surface area (Å²) in [5.74, 6) is 0.800. The van der Waals surface area contributed by atoms with Gasteiger partial charge in [0.05, 0.1) is 12.2 Å². The van der Waals surface area contributed by atoms with E-state index in [2.05, 4.69) is 34.4 Å². The number of amides is 2. The van der Waals surface area contributed by atoms with Crippen LogP contribution >= 0.6 is 0 Å². The third-order valence-electron chi connectivity index (χ3n) is 9.97. The molecule has 1 saturated heterocycles. The average Bonchev–Trinajstić information content (AvgIpc) is 3.10. The number of urea groups is 1. The van der Waals surface area contributed by atoms with E-state index >= 15 is 4.39 Å². The number of likely N-dealkylation sites (N-methyl/N-ethyl adjacent to an activating group) is 1. The monoisotopic (exact) mass is 741 g/mol. The number of halogens is 1. The summed E-state index contributed by atoms with van der Waals surface area (Å²) < 4.78 is 29.0. The van der Waals surface area contributed by atoms with Crippen LogP contribution in [0.25, 0.3) is 0 Å². The highest BCUT2D eigenvalue weighted by molar-refractivity contribution is 6.05. The molecule has 0 bridgehead atoms. The molecule has 0 saturated carbocycles. The van der Waals surface area contributed by atoms with Crippen molar-refractivity contribution in [3.8, 4) is 11.5 Å². The Morgan fingerprint density at radius 3 is 2.41 bits per heavy atom. The number of carbonyl (C=O) groups is 1. The van der Waals surface area contributed by atoms with Gasteiger partial charge in [-0.2, -0.15) is 0 Å². The first-order valence-electron chi connectivity index (χ1n) is 18.7. The molecule has 1 aliphatic carbocycles. The summed E-state index contributed by atoms with van der Waals surface area (Å²) >= 11 is 0. The van der Waals surface area contributed by atoms with Gasteiger partial charge >= 0.3 is 6.03 Å². The minimum Gasteiger partial charge on any atom is -0.492 e. The lowest BCUT2D eigenvalue weighted by atomic mass is 9.85. The Bertz CT molecular complexity index is 1920. The Balaban J connectivity index is 1.33. The van der Waals surface area contributed by atoms with Gasteiger partial charge < -0.3 is 30.3 Å². The van der Waals surface area contributed by atoms with E-state index in [0.717, 1.165) is 30.4 Å². The number of nitrogens with zero attached hydrogens (tertiary/aromatic N) is 4. The molecule has 1 aliphatic heterocycles. The number of likely N-dealkylation sites (tertiary alicyclic amines) is 1. The highest BCUT2D eigenvalue weighted by atomic mass is 19.1. The van der Waals surface area contributed by atoms with Crippen molar-refractivity contribution >= 4 is 23.5 Å².